The van der Waals surface area contributed by atoms with Gasteiger partial charge in [-0.25, -0.2) is 13.1 Å². The van der Waals surface area contributed by atoms with Gasteiger partial charge < -0.3 is 10.2 Å². The van der Waals surface area contributed by atoms with Gasteiger partial charge in [-0.05, 0) is 44.8 Å². The van der Waals surface area contributed by atoms with Gasteiger partial charge in [0.15, 0.2) is 0 Å². The molecule has 6 heteroatoms. The predicted molar refractivity (Wildman–Crippen MR) is 73.0 cm³/mol. The van der Waals surface area contributed by atoms with Gasteiger partial charge in [-0.2, -0.15) is 0 Å². The molecule has 0 aliphatic carbocycles. The van der Waals surface area contributed by atoms with Gasteiger partial charge in [0, 0.05) is 19.1 Å². The smallest absolute Gasteiger partial charge is 0.213 e. The average Bonchev–Trinajstić information content (AvgIpc) is 2.96. The SMILES string of the molecule is CCN1CCC(CNS(=O)(=O)CC2CCCN2)C1. The summed E-state index contributed by atoms with van der Waals surface area (Å²) in [4.78, 5) is 2.37. The van der Waals surface area contributed by atoms with E-state index >= 15 is 0 Å². The van der Waals surface area contributed by atoms with Crippen LogP contribution in [-0.4, -0.2) is 57.8 Å². The Labute approximate surface area is 110 Å². The summed E-state index contributed by atoms with van der Waals surface area (Å²) < 4.78 is 26.6. The third kappa shape index (κ3) is 4.19. The largest absolute Gasteiger partial charge is 0.313 e. The second-order valence-electron chi connectivity index (χ2n) is 5.47. The maximum atomic E-state index is 11.9. The summed E-state index contributed by atoms with van der Waals surface area (Å²) >= 11 is 0. The molecule has 2 rings (SSSR count). The molecule has 2 N–H and O–H groups in total. The minimum atomic E-state index is -3.11. The van der Waals surface area contributed by atoms with Gasteiger partial charge >= 0.3 is 0 Å². The molecule has 106 valence electrons. The van der Waals surface area contributed by atoms with Gasteiger partial charge in [0.2, 0.25) is 10.0 Å². The molecule has 0 saturated carbocycles. The van der Waals surface area contributed by atoms with Crippen LogP contribution < -0.4 is 10.0 Å². The molecule has 0 aromatic rings. The fraction of sp³-hybridized carbons (Fsp3) is 1.00. The van der Waals surface area contributed by atoms with Crippen LogP contribution in [0.2, 0.25) is 0 Å². The van der Waals surface area contributed by atoms with E-state index in [9.17, 15) is 8.42 Å². The van der Waals surface area contributed by atoms with Crippen molar-refractivity contribution in [3.05, 3.63) is 0 Å². The van der Waals surface area contributed by atoms with Crippen molar-refractivity contribution >= 4 is 10.0 Å². The summed E-state index contributed by atoms with van der Waals surface area (Å²) in [6.07, 6.45) is 3.18. The quantitative estimate of drug-likeness (QED) is 0.716. The topological polar surface area (TPSA) is 61.4 Å². The number of nitrogens with one attached hydrogen (secondary N) is 2. The van der Waals surface area contributed by atoms with Gasteiger partial charge in [-0.15, -0.1) is 0 Å². The summed E-state index contributed by atoms with van der Waals surface area (Å²) in [6.45, 7) is 6.90. The van der Waals surface area contributed by atoms with Crippen molar-refractivity contribution in [1.82, 2.24) is 14.9 Å². The van der Waals surface area contributed by atoms with Crippen molar-refractivity contribution in [2.45, 2.75) is 32.2 Å². The van der Waals surface area contributed by atoms with Gasteiger partial charge in [0.25, 0.3) is 0 Å². The summed E-state index contributed by atoms with van der Waals surface area (Å²) in [5.74, 6) is 0.716. The first-order chi connectivity index (χ1) is 8.59. The molecule has 2 fully saturated rings. The first kappa shape index (κ1) is 14.2. The van der Waals surface area contributed by atoms with E-state index in [0.717, 1.165) is 45.4 Å². The molecule has 2 saturated heterocycles. The standard InChI is InChI=1S/C12H25N3O2S/c1-2-15-7-5-11(9-15)8-14-18(16,17)10-12-4-3-6-13-12/h11-14H,2-10H2,1H3. The number of hydrogen-bond acceptors (Lipinski definition) is 4. The van der Waals surface area contributed by atoms with Crippen LogP contribution in [0.1, 0.15) is 26.2 Å². The van der Waals surface area contributed by atoms with E-state index in [1.807, 2.05) is 0 Å². The van der Waals surface area contributed by atoms with Gasteiger partial charge in [0.05, 0.1) is 5.75 Å². The minimum absolute atomic E-state index is 0.151. The molecule has 0 radical (unpaired) electrons. The third-order valence-corrected chi connectivity index (χ3v) is 5.44. The number of hydrogen-bond donors (Lipinski definition) is 2. The maximum absolute atomic E-state index is 11.9. The van der Waals surface area contributed by atoms with Crippen molar-refractivity contribution in [1.29, 1.82) is 0 Å². The van der Waals surface area contributed by atoms with Crippen LogP contribution in [0.4, 0.5) is 0 Å². The second-order valence-corrected chi connectivity index (χ2v) is 7.32. The van der Waals surface area contributed by atoms with Crippen LogP contribution in [0.25, 0.3) is 0 Å². The van der Waals surface area contributed by atoms with Crippen molar-refractivity contribution in [3.8, 4) is 0 Å². The van der Waals surface area contributed by atoms with E-state index in [1.54, 1.807) is 0 Å². The second kappa shape index (κ2) is 6.32. The minimum Gasteiger partial charge on any atom is -0.313 e. The Bertz CT molecular complexity index is 352. The van der Waals surface area contributed by atoms with E-state index < -0.39 is 10.0 Å². The van der Waals surface area contributed by atoms with Crippen LogP contribution in [0, 0.1) is 5.92 Å². The fourth-order valence-electron chi connectivity index (χ4n) is 2.83. The zero-order valence-electron chi connectivity index (χ0n) is 11.2. The monoisotopic (exact) mass is 275 g/mol. The molecular formula is C12H25N3O2S. The molecular weight excluding hydrogens is 250 g/mol. The predicted octanol–water partition coefficient (Wildman–Crippen LogP) is -0.000400. The molecule has 2 aliphatic rings. The van der Waals surface area contributed by atoms with Crippen molar-refractivity contribution < 1.29 is 8.42 Å². The Morgan fingerprint density at radius 1 is 1.39 bits per heavy atom. The van der Waals surface area contributed by atoms with Gasteiger partial charge in [-0.1, -0.05) is 6.92 Å². The molecule has 2 atom stereocenters. The maximum Gasteiger partial charge on any atom is 0.213 e. The Balaban J connectivity index is 1.71. The Kier molecular flexibility index (Phi) is 5.00. The zero-order valence-corrected chi connectivity index (χ0v) is 12.0. The van der Waals surface area contributed by atoms with Crippen molar-refractivity contribution in [3.63, 3.8) is 0 Å². The summed E-state index contributed by atoms with van der Waals surface area (Å²) in [5.41, 5.74) is 0. The van der Waals surface area contributed by atoms with Gasteiger partial charge in [-0.3, -0.25) is 0 Å². The fourth-order valence-corrected chi connectivity index (χ4v) is 4.26. The van der Waals surface area contributed by atoms with Crippen LogP contribution in [0.5, 0.6) is 0 Å². The summed E-state index contributed by atoms with van der Waals surface area (Å²) in [7, 11) is -3.11. The Morgan fingerprint density at radius 2 is 2.22 bits per heavy atom. The molecule has 2 unspecified atom stereocenters. The summed E-state index contributed by atoms with van der Waals surface area (Å²) in [6, 6.07) is 0.151. The molecule has 0 aromatic heterocycles. The highest BCUT2D eigenvalue weighted by atomic mass is 32.2. The molecule has 0 spiro atoms. The molecule has 0 amide bonds. The van der Waals surface area contributed by atoms with Crippen molar-refractivity contribution in [2.24, 2.45) is 5.92 Å². The van der Waals surface area contributed by atoms with E-state index in [4.69, 9.17) is 0 Å². The first-order valence-electron chi connectivity index (χ1n) is 7.02. The van der Waals surface area contributed by atoms with E-state index in [0.29, 0.717) is 12.5 Å². The number of rotatable bonds is 6. The van der Waals surface area contributed by atoms with Crippen LogP contribution >= 0.6 is 0 Å². The number of nitrogens with zero attached hydrogens (tertiary/aromatic N) is 1. The normalized spacial score (nSPS) is 30.1. The lowest BCUT2D eigenvalue weighted by atomic mass is 10.1. The lowest BCUT2D eigenvalue weighted by molar-refractivity contribution is 0.342. The lowest BCUT2D eigenvalue weighted by Crippen LogP contribution is -2.38. The molecule has 0 aromatic carbocycles. The highest BCUT2D eigenvalue weighted by molar-refractivity contribution is 7.89. The molecule has 18 heavy (non-hydrogen) atoms. The van der Waals surface area contributed by atoms with E-state index in [-0.39, 0.29) is 11.8 Å². The van der Waals surface area contributed by atoms with Crippen LogP contribution in [0.3, 0.4) is 0 Å². The summed E-state index contributed by atoms with van der Waals surface area (Å²) in [5, 5.41) is 3.23. The highest BCUT2D eigenvalue weighted by Gasteiger charge is 2.25. The van der Waals surface area contributed by atoms with E-state index in [1.165, 1.54) is 0 Å². The molecule has 2 heterocycles. The zero-order chi connectivity index (χ0) is 13.0. The Morgan fingerprint density at radius 3 is 2.83 bits per heavy atom. The van der Waals surface area contributed by atoms with Crippen LogP contribution in [-0.2, 0) is 10.0 Å². The average molecular weight is 275 g/mol. The Hall–Kier alpha value is -0.170. The highest BCUT2D eigenvalue weighted by Crippen LogP contribution is 2.15. The first-order valence-corrected chi connectivity index (χ1v) is 8.67. The van der Waals surface area contributed by atoms with E-state index in [2.05, 4.69) is 21.9 Å². The number of sulfonamides is 1. The molecule has 5 nitrogen and oxygen atoms in total. The van der Waals surface area contributed by atoms with Crippen LogP contribution in [0.15, 0.2) is 0 Å². The molecule has 0 bridgehead atoms. The van der Waals surface area contributed by atoms with Crippen molar-refractivity contribution in [2.75, 3.05) is 38.5 Å². The molecule has 2 aliphatic heterocycles. The lowest BCUT2D eigenvalue weighted by Gasteiger charge is -2.15. The third-order valence-electron chi connectivity index (χ3n) is 3.99. The van der Waals surface area contributed by atoms with Gasteiger partial charge in [0.1, 0.15) is 0 Å². The number of likely N-dealkylation sites (tertiary alicyclic amines) is 1.